The summed E-state index contributed by atoms with van der Waals surface area (Å²) >= 11 is 5.58. The Morgan fingerprint density at radius 2 is 1.89 bits per heavy atom. The van der Waals surface area contributed by atoms with E-state index in [0.29, 0.717) is 5.11 Å². The van der Waals surface area contributed by atoms with Crippen molar-refractivity contribution < 1.29 is 0 Å². The van der Waals surface area contributed by atoms with Gasteiger partial charge in [-0.15, -0.1) is 0 Å². The van der Waals surface area contributed by atoms with Crippen LogP contribution < -0.4 is 5.32 Å². The molecule has 0 unspecified atom stereocenters. The number of anilines is 1. The number of hydrogen-bond acceptors (Lipinski definition) is 3. The second-order valence-electron chi connectivity index (χ2n) is 7.16. The molecule has 0 fully saturated rings. The van der Waals surface area contributed by atoms with Gasteiger partial charge in [-0.3, -0.25) is 9.36 Å². The zero-order chi connectivity index (χ0) is 20.3. The SMILES string of the molecule is CCn1nc(C)c(CN(C)C(=S)Nc2cnn(Cc3ccc(C)cc3)c2)c1C. The van der Waals surface area contributed by atoms with Gasteiger partial charge in [0.15, 0.2) is 5.11 Å². The van der Waals surface area contributed by atoms with Gasteiger partial charge in [0, 0.05) is 37.6 Å². The highest BCUT2D eigenvalue weighted by atomic mass is 32.1. The van der Waals surface area contributed by atoms with Crippen LogP contribution in [0.25, 0.3) is 0 Å². The second-order valence-corrected chi connectivity index (χ2v) is 7.55. The molecule has 3 aromatic rings. The molecule has 0 saturated carbocycles. The molecule has 148 valence electrons. The summed E-state index contributed by atoms with van der Waals surface area (Å²) in [5, 5.41) is 13.0. The first kappa shape index (κ1) is 20.1. The number of hydrogen-bond donors (Lipinski definition) is 1. The Morgan fingerprint density at radius 3 is 2.54 bits per heavy atom. The van der Waals surface area contributed by atoms with Crippen molar-refractivity contribution in [3.05, 3.63) is 64.7 Å². The molecule has 0 amide bonds. The summed E-state index contributed by atoms with van der Waals surface area (Å²) in [6.07, 6.45) is 3.78. The van der Waals surface area contributed by atoms with Crippen LogP contribution in [0.5, 0.6) is 0 Å². The lowest BCUT2D eigenvalue weighted by molar-refractivity contribution is 0.504. The van der Waals surface area contributed by atoms with Crippen LogP contribution in [0.1, 0.15) is 35.0 Å². The van der Waals surface area contributed by atoms with Crippen LogP contribution in [-0.2, 0) is 19.6 Å². The molecule has 0 bridgehead atoms. The predicted octanol–water partition coefficient (Wildman–Crippen LogP) is 3.90. The van der Waals surface area contributed by atoms with E-state index in [4.69, 9.17) is 12.2 Å². The predicted molar refractivity (Wildman–Crippen MR) is 118 cm³/mol. The van der Waals surface area contributed by atoms with Gasteiger partial charge >= 0.3 is 0 Å². The van der Waals surface area contributed by atoms with Gasteiger partial charge in [0.1, 0.15) is 0 Å². The first-order valence-corrected chi connectivity index (χ1v) is 9.91. The number of nitrogens with one attached hydrogen (secondary N) is 1. The van der Waals surface area contributed by atoms with Gasteiger partial charge in [-0.25, -0.2) is 0 Å². The maximum Gasteiger partial charge on any atom is 0.173 e. The van der Waals surface area contributed by atoms with E-state index in [0.717, 1.165) is 31.0 Å². The summed E-state index contributed by atoms with van der Waals surface area (Å²) in [7, 11) is 1.99. The number of benzene rings is 1. The van der Waals surface area contributed by atoms with Crippen LogP contribution in [0.15, 0.2) is 36.7 Å². The molecule has 6 nitrogen and oxygen atoms in total. The monoisotopic (exact) mass is 396 g/mol. The standard InChI is InChI=1S/C21H28N6S/c1-6-27-17(4)20(16(3)24-27)14-25(5)21(28)23-19-11-22-26(13-19)12-18-9-7-15(2)8-10-18/h7-11,13H,6,12,14H2,1-5H3,(H,23,28). The molecule has 0 aliphatic rings. The van der Waals surface area contributed by atoms with E-state index in [9.17, 15) is 0 Å². The number of aromatic nitrogens is 4. The lowest BCUT2D eigenvalue weighted by Crippen LogP contribution is -2.30. The molecule has 0 aliphatic carbocycles. The van der Waals surface area contributed by atoms with Crippen LogP contribution in [0.4, 0.5) is 5.69 Å². The molecule has 7 heteroatoms. The van der Waals surface area contributed by atoms with Crippen LogP contribution >= 0.6 is 12.2 Å². The van der Waals surface area contributed by atoms with E-state index < -0.39 is 0 Å². The summed E-state index contributed by atoms with van der Waals surface area (Å²) in [4.78, 5) is 2.03. The summed E-state index contributed by atoms with van der Waals surface area (Å²) in [5.41, 5.74) is 6.85. The molecular weight excluding hydrogens is 368 g/mol. The third-order valence-corrected chi connectivity index (χ3v) is 5.34. The molecule has 0 spiro atoms. The summed E-state index contributed by atoms with van der Waals surface area (Å²) in [6.45, 7) is 10.7. The highest BCUT2D eigenvalue weighted by molar-refractivity contribution is 7.80. The number of rotatable bonds is 6. The minimum Gasteiger partial charge on any atom is -0.348 e. The Balaban J connectivity index is 1.61. The van der Waals surface area contributed by atoms with E-state index in [1.54, 1.807) is 6.20 Å². The Morgan fingerprint density at radius 1 is 1.18 bits per heavy atom. The smallest absolute Gasteiger partial charge is 0.173 e. The van der Waals surface area contributed by atoms with Crippen LogP contribution in [0.3, 0.4) is 0 Å². The fourth-order valence-electron chi connectivity index (χ4n) is 3.19. The van der Waals surface area contributed by atoms with Crippen molar-refractivity contribution in [1.29, 1.82) is 0 Å². The second kappa shape index (κ2) is 8.56. The number of aryl methyl sites for hydroxylation is 3. The highest BCUT2D eigenvalue weighted by Gasteiger charge is 2.14. The Hall–Kier alpha value is -2.67. The van der Waals surface area contributed by atoms with Crippen molar-refractivity contribution in [3.63, 3.8) is 0 Å². The van der Waals surface area contributed by atoms with Crippen molar-refractivity contribution in [2.75, 3.05) is 12.4 Å². The topological polar surface area (TPSA) is 50.9 Å². The van der Waals surface area contributed by atoms with E-state index in [-0.39, 0.29) is 0 Å². The molecule has 2 heterocycles. The molecule has 2 aromatic heterocycles. The third-order valence-electron chi connectivity index (χ3n) is 4.92. The zero-order valence-electron chi connectivity index (χ0n) is 17.2. The molecule has 0 aliphatic heterocycles. The lowest BCUT2D eigenvalue weighted by Gasteiger charge is -2.20. The van der Waals surface area contributed by atoms with Gasteiger partial charge in [-0.05, 0) is 45.5 Å². The summed E-state index contributed by atoms with van der Waals surface area (Å²) in [5.74, 6) is 0. The van der Waals surface area contributed by atoms with E-state index in [1.807, 2.05) is 34.4 Å². The van der Waals surface area contributed by atoms with Gasteiger partial charge < -0.3 is 10.2 Å². The van der Waals surface area contributed by atoms with Gasteiger partial charge in [0.2, 0.25) is 0 Å². The highest BCUT2D eigenvalue weighted by Crippen LogP contribution is 2.16. The largest absolute Gasteiger partial charge is 0.348 e. The third kappa shape index (κ3) is 4.59. The molecule has 28 heavy (non-hydrogen) atoms. The molecule has 1 aromatic carbocycles. The number of thiocarbonyl (C=S) groups is 1. The van der Waals surface area contributed by atoms with E-state index in [2.05, 4.69) is 60.6 Å². The average Bonchev–Trinajstić information content (AvgIpc) is 3.22. The molecule has 3 rings (SSSR count). The average molecular weight is 397 g/mol. The summed E-state index contributed by atoms with van der Waals surface area (Å²) < 4.78 is 3.94. The zero-order valence-corrected chi connectivity index (χ0v) is 18.0. The van der Waals surface area contributed by atoms with Crippen molar-refractivity contribution in [2.45, 2.75) is 47.3 Å². The van der Waals surface area contributed by atoms with Gasteiger partial charge in [-0.2, -0.15) is 10.2 Å². The molecule has 0 radical (unpaired) electrons. The molecule has 0 atom stereocenters. The van der Waals surface area contributed by atoms with Crippen molar-refractivity contribution in [3.8, 4) is 0 Å². The Bertz CT molecular complexity index is 954. The quantitative estimate of drug-likeness (QED) is 0.641. The minimum absolute atomic E-state index is 0.665. The van der Waals surface area contributed by atoms with Crippen LogP contribution in [-0.4, -0.2) is 36.6 Å². The van der Waals surface area contributed by atoms with Crippen molar-refractivity contribution in [1.82, 2.24) is 24.5 Å². The fourth-order valence-corrected chi connectivity index (χ4v) is 3.38. The maximum absolute atomic E-state index is 5.58. The summed E-state index contributed by atoms with van der Waals surface area (Å²) in [6, 6.07) is 8.49. The number of nitrogens with zero attached hydrogens (tertiary/aromatic N) is 5. The van der Waals surface area contributed by atoms with Gasteiger partial charge in [-0.1, -0.05) is 29.8 Å². The molecule has 0 saturated heterocycles. The van der Waals surface area contributed by atoms with Gasteiger partial charge in [0.25, 0.3) is 0 Å². The van der Waals surface area contributed by atoms with Crippen molar-refractivity contribution >= 4 is 23.0 Å². The van der Waals surface area contributed by atoms with Crippen LogP contribution in [0, 0.1) is 20.8 Å². The minimum atomic E-state index is 0.665. The van der Waals surface area contributed by atoms with E-state index >= 15 is 0 Å². The van der Waals surface area contributed by atoms with E-state index in [1.165, 1.54) is 22.4 Å². The van der Waals surface area contributed by atoms with Gasteiger partial charge in [0.05, 0.1) is 24.1 Å². The first-order valence-electron chi connectivity index (χ1n) is 9.50. The maximum atomic E-state index is 5.58. The fraction of sp³-hybridized carbons (Fsp3) is 0.381. The first-order chi connectivity index (χ1) is 13.4. The normalized spacial score (nSPS) is 10.9. The Labute approximate surface area is 172 Å². The molecule has 1 N–H and O–H groups in total. The lowest BCUT2D eigenvalue weighted by atomic mass is 10.1. The Kier molecular flexibility index (Phi) is 6.14. The van der Waals surface area contributed by atoms with Crippen LogP contribution in [0.2, 0.25) is 0 Å². The van der Waals surface area contributed by atoms with Crippen molar-refractivity contribution in [2.24, 2.45) is 0 Å². The molecular formula is C21H28N6S.